The van der Waals surface area contributed by atoms with Crippen LogP contribution in [-0.2, 0) is 6.61 Å². The monoisotopic (exact) mass is 400 g/mol. The molecule has 30 heavy (non-hydrogen) atoms. The summed E-state index contributed by atoms with van der Waals surface area (Å²) in [6, 6.07) is 23.2. The first-order valence-electron chi connectivity index (χ1n) is 9.91. The van der Waals surface area contributed by atoms with E-state index in [1.54, 1.807) is 12.1 Å². The smallest absolute Gasteiger partial charge is 0.287 e. The van der Waals surface area contributed by atoms with E-state index in [-0.39, 0.29) is 24.3 Å². The summed E-state index contributed by atoms with van der Waals surface area (Å²) in [4.78, 5) is 12.6. The molecule has 2 aromatic heterocycles. The number of aryl methyl sites for hydroxylation is 1. The van der Waals surface area contributed by atoms with Gasteiger partial charge in [0.05, 0.1) is 6.04 Å². The molecule has 1 N–H and O–H groups in total. The van der Waals surface area contributed by atoms with Crippen LogP contribution in [-0.4, -0.2) is 10.5 Å². The zero-order valence-electron chi connectivity index (χ0n) is 17.0. The Labute approximate surface area is 175 Å². The molecule has 5 heteroatoms. The molecule has 4 aromatic rings. The van der Waals surface area contributed by atoms with Crippen LogP contribution >= 0.6 is 0 Å². The summed E-state index contributed by atoms with van der Waals surface area (Å²) in [5.41, 5.74) is 3.22. The molecule has 0 aliphatic carbocycles. The lowest BCUT2D eigenvalue weighted by atomic mass is 10.1. The number of hydrogen-bond acceptors (Lipinski definition) is 3. The van der Waals surface area contributed by atoms with Gasteiger partial charge in [0.1, 0.15) is 18.1 Å². The number of aromatic nitrogens is 1. The van der Waals surface area contributed by atoms with Gasteiger partial charge in [-0.15, -0.1) is 0 Å². The van der Waals surface area contributed by atoms with Crippen molar-refractivity contribution >= 4 is 5.91 Å². The molecule has 152 valence electrons. The van der Waals surface area contributed by atoms with Crippen LogP contribution in [0.4, 0.5) is 0 Å². The SMILES string of the molecule is Cc1cccc(OCc2ccc(C(=O)NC(C)c3ccc(-n4cccc4)cc3)o2)c1. The molecule has 0 aliphatic heterocycles. The van der Waals surface area contributed by atoms with Crippen molar-refractivity contribution in [3.8, 4) is 11.4 Å². The molecule has 0 saturated heterocycles. The van der Waals surface area contributed by atoms with Gasteiger partial charge < -0.3 is 19.0 Å². The standard InChI is InChI=1S/C25H24N2O3/c1-18-6-5-7-22(16-18)29-17-23-12-13-24(30-23)25(28)26-19(2)20-8-10-21(11-9-20)27-14-3-4-15-27/h3-16,19H,17H2,1-2H3,(H,26,28). The number of carbonyl (C=O) groups excluding carboxylic acids is 1. The molecular formula is C25H24N2O3. The van der Waals surface area contributed by atoms with E-state index < -0.39 is 0 Å². The number of nitrogens with zero attached hydrogens (tertiary/aromatic N) is 1. The summed E-state index contributed by atoms with van der Waals surface area (Å²) in [6.07, 6.45) is 3.99. The number of ether oxygens (including phenoxy) is 1. The summed E-state index contributed by atoms with van der Waals surface area (Å²) < 4.78 is 13.4. The zero-order valence-corrected chi connectivity index (χ0v) is 17.0. The summed E-state index contributed by atoms with van der Waals surface area (Å²) in [7, 11) is 0. The summed E-state index contributed by atoms with van der Waals surface area (Å²) in [5.74, 6) is 1.40. The first-order chi connectivity index (χ1) is 14.6. The van der Waals surface area contributed by atoms with Crippen molar-refractivity contribution in [3.63, 3.8) is 0 Å². The molecule has 1 amide bonds. The molecule has 1 unspecified atom stereocenters. The molecule has 0 bridgehead atoms. The quantitative estimate of drug-likeness (QED) is 0.449. The maximum absolute atomic E-state index is 12.6. The van der Waals surface area contributed by atoms with Gasteiger partial charge in [-0.1, -0.05) is 24.3 Å². The third kappa shape index (κ3) is 4.63. The molecule has 0 aliphatic rings. The van der Waals surface area contributed by atoms with Crippen molar-refractivity contribution in [1.82, 2.24) is 9.88 Å². The second-order valence-electron chi connectivity index (χ2n) is 7.25. The van der Waals surface area contributed by atoms with Gasteiger partial charge in [-0.2, -0.15) is 0 Å². The van der Waals surface area contributed by atoms with Gasteiger partial charge in [-0.3, -0.25) is 4.79 Å². The van der Waals surface area contributed by atoms with Crippen LogP contribution < -0.4 is 10.1 Å². The average molecular weight is 400 g/mol. The largest absolute Gasteiger partial charge is 0.486 e. The average Bonchev–Trinajstić information content (AvgIpc) is 3.45. The van der Waals surface area contributed by atoms with E-state index in [1.807, 2.05) is 91.5 Å². The maximum Gasteiger partial charge on any atom is 0.287 e. The molecule has 0 saturated carbocycles. The molecule has 5 nitrogen and oxygen atoms in total. The Balaban J connectivity index is 1.34. The van der Waals surface area contributed by atoms with Gasteiger partial charge in [0, 0.05) is 18.1 Å². The van der Waals surface area contributed by atoms with Gasteiger partial charge in [0.2, 0.25) is 0 Å². The third-order valence-electron chi connectivity index (χ3n) is 4.90. The molecule has 4 rings (SSSR count). The fourth-order valence-corrected chi connectivity index (χ4v) is 3.23. The summed E-state index contributed by atoms with van der Waals surface area (Å²) in [6.45, 7) is 4.23. The zero-order chi connectivity index (χ0) is 20.9. The van der Waals surface area contributed by atoms with Crippen LogP contribution in [0.5, 0.6) is 5.75 Å². The Morgan fingerprint density at radius 3 is 2.53 bits per heavy atom. The molecule has 0 spiro atoms. The highest BCUT2D eigenvalue weighted by Crippen LogP contribution is 2.18. The van der Waals surface area contributed by atoms with Gasteiger partial charge in [-0.25, -0.2) is 0 Å². The number of benzene rings is 2. The first-order valence-corrected chi connectivity index (χ1v) is 9.91. The molecule has 0 fully saturated rings. The van der Waals surface area contributed by atoms with E-state index in [0.717, 1.165) is 22.6 Å². The number of rotatable bonds is 7. The fraction of sp³-hybridized carbons (Fsp3) is 0.160. The Kier molecular flexibility index (Phi) is 5.70. The number of furan rings is 1. The van der Waals surface area contributed by atoms with Gasteiger partial charge in [0.15, 0.2) is 5.76 Å². The predicted molar refractivity (Wildman–Crippen MR) is 116 cm³/mol. The van der Waals surface area contributed by atoms with E-state index in [9.17, 15) is 4.79 Å². The second-order valence-corrected chi connectivity index (χ2v) is 7.25. The van der Waals surface area contributed by atoms with Crippen molar-refractivity contribution in [3.05, 3.63) is 108 Å². The Hall–Kier alpha value is -3.73. The molecule has 2 aromatic carbocycles. The van der Waals surface area contributed by atoms with E-state index in [2.05, 4.69) is 5.32 Å². The normalized spacial score (nSPS) is 11.8. The van der Waals surface area contributed by atoms with Crippen molar-refractivity contribution in [2.24, 2.45) is 0 Å². The lowest BCUT2D eigenvalue weighted by molar-refractivity contribution is 0.0907. The van der Waals surface area contributed by atoms with Crippen LogP contribution in [0.2, 0.25) is 0 Å². The number of amides is 1. The fourth-order valence-electron chi connectivity index (χ4n) is 3.23. The van der Waals surface area contributed by atoms with E-state index in [1.165, 1.54) is 0 Å². The summed E-state index contributed by atoms with van der Waals surface area (Å²) >= 11 is 0. The van der Waals surface area contributed by atoms with Gasteiger partial charge >= 0.3 is 0 Å². The van der Waals surface area contributed by atoms with E-state index >= 15 is 0 Å². The molecule has 0 radical (unpaired) electrons. The van der Waals surface area contributed by atoms with Crippen molar-refractivity contribution < 1.29 is 13.9 Å². The maximum atomic E-state index is 12.6. The highest BCUT2D eigenvalue weighted by atomic mass is 16.5. The number of nitrogens with one attached hydrogen (secondary N) is 1. The minimum atomic E-state index is -0.251. The van der Waals surface area contributed by atoms with E-state index in [0.29, 0.717) is 5.76 Å². The third-order valence-corrected chi connectivity index (χ3v) is 4.90. The van der Waals surface area contributed by atoms with Crippen LogP contribution in [0.15, 0.2) is 89.6 Å². The second kappa shape index (κ2) is 8.74. The lowest BCUT2D eigenvalue weighted by Gasteiger charge is -2.14. The topological polar surface area (TPSA) is 56.4 Å². The highest BCUT2D eigenvalue weighted by molar-refractivity contribution is 5.91. The van der Waals surface area contributed by atoms with Crippen LogP contribution in [0.25, 0.3) is 5.69 Å². The molecule has 1 atom stereocenters. The van der Waals surface area contributed by atoms with Crippen molar-refractivity contribution in [2.45, 2.75) is 26.5 Å². The van der Waals surface area contributed by atoms with Crippen LogP contribution in [0, 0.1) is 6.92 Å². The van der Waals surface area contributed by atoms with Crippen LogP contribution in [0.3, 0.4) is 0 Å². The molecular weight excluding hydrogens is 376 g/mol. The Bertz CT molecular complexity index is 1110. The van der Waals surface area contributed by atoms with Gasteiger partial charge in [-0.05, 0) is 73.5 Å². The van der Waals surface area contributed by atoms with E-state index in [4.69, 9.17) is 9.15 Å². The predicted octanol–water partition coefficient (Wildman–Crippen LogP) is 5.45. The van der Waals surface area contributed by atoms with Gasteiger partial charge in [0.25, 0.3) is 5.91 Å². The van der Waals surface area contributed by atoms with Crippen LogP contribution in [0.1, 0.15) is 40.4 Å². The summed E-state index contributed by atoms with van der Waals surface area (Å²) in [5, 5.41) is 2.98. The van der Waals surface area contributed by atoms with Crippen molar-refractivity contribution in [2.75, 3.05) is 0 Å². The number of carbonyl (C=O) groups is 1. The molecule has 2 heterocycles. The lowest BCUT2D eigenvalue weighted by Crippen LogP contribution is -2.26. The number of hydrogen-bond donors (Lipinski definition) is 1. The minimum Gasteiger partial charge on any atom is -0.486 e. The Morgan fingerprint density at radius 2 is 1.80 bits per heavy atom. The first kappa shape index (κ1) is 19.6. The minimum absolute atomic E-state index is 0.145. The Morgan fingerprint density at radius 1 is 1.03 bits per heavy atom. The van der Waals surface area contributed by atoms with Crippen molar-refractivity contribution in [1.29, 1.82) is 0 Å². The highest BCUT2D eigenvalue weighted by Gasteiger charge is 2.15.